The molecule has 3 nitrogen and oxygen atoms in total. The molecule has 0 radical (unpaired) electrons. The van der Waals surface area contributed by atoms with Crippen molar-refractivity contribution in [2.24, 2.45) is 0 Å². The van der Waals surface area contributed by atoms with Gasteiger partial charge in [-0.25, -0.2) is 0 Å². The lowest BCUT2D eigenvalue weighted by Crippen LogP contribution is -2.04. The Morgan fingerprint density at radius 1 is 1.60 bits per heavy atom. The molecule has 0 spiro atoms. The first kappa shape index (κ1) is 11.2. The van der Waals surface area contributed by atoms with Gasteiger partial charge in [0, 0.05) is 14.5 Å². The monoisotopic (exact) mass is 336 g/mol. The van der Waals surface area contributed by atoms with E-state index in [2.05, 4.69) is 31.9 Å². The molecule has 0 bridgehead atoms. The summed E-state index contributed by atoms with van der Waals surface area (Å²) in [5, 5.41) is 9.82. The largest absolute Gasteiger partial charge is 0.504 e. The van der Waals surface area contributed by atoms with E-state index in [1.165, 1.54) is 0 Å². The van der Waals surface area contributed by atoms with E-state index in [0.29, 0.717) is 12.4 Å². The Morgan fingerprint density at radius 3 is 2.87 bits per heavy atom. The number of hydrogen-bond acceptors (Lipinski definition) is 3. The second kappa shape index (κ2) is 4.31. The number of rotatable bonds is 3. The van der Waals surface area contributed by atoms with E-state index in [4.69, 9.17) is 9.47 Å². The van der Waals surface area contributed by atoms with Crippen molar-refractivity contribution in [1.82, 2.24) is 0 Å². The number of halogens is 2. The second-order valence-corrected chi connectivity index (χ2v) is 5.06. The minimum Gasteiger partial charge on any atom is -0.504 e. The van der Waals surface area contributed by atoms with Crippen molar-refractivity contribution in [3.63, 3.8) is 0 Å². The standard InChI is InChI=1S/C10H10Br2O3/c1-5-9(12)7(11)2-8(10(5)13)15-4-6-3-14-6/h2,6,13H,3-4H2,1H3. The molecule has 15 heavy (non-hydrogen) atoms. The highest BCUT2D eigenvalue weighted by Crippen LogP contribution is 2.40. The van der Waals surface area contributed by atoms with Crippen LogP contribution in [0.3, 0.4) is 0 Å². The molecule has 1 aliphatic rings. The first-order chi connectivity index (χ1) is 7.09. The van der Waals surface area contributed by atoms with Crippen molar-refractivity contribution in [2.75, 3.05) is 13.2 Å². The van der Waals surface area contributed by atoms with Crippen molar-refractivity contribution < 1.29 is 14.6 Å². The van der Waals surface area contributed by atoms with Crippen LogP contribution in [-0.4, -0.2) is 24.4 Å². The Balaban J connectivity index is 2.21. The molecule has 2 rings (SSSR count). The highest BCUT2D eigenvalue weighted by Gasteiger charge is 2.24. The van der Waals surface area contributed by atoms with Crippen LogP contribution < -0.4 is 4.74 Å². The van der Waals surface area contributed by atoms with Crippen LogP contribution in [0.25, 0.3) is 0 Å². The van der Waals surface area contributed by atoms with Crippen molar-refractivity contribution in [1.29, 1.82) is 0 Å². The van der Waals surface area contributed by atoms with Crippen molar-refractivity contribution in [3.8, 4) is 11.5 Å². The maximum atomic E-state index is 9.82. The number of hydrogen-bond donors (Lipinski definition) is 1. The van der Waals surface area contributed by atoms with Crippen LogP contribution in [0.1, 0.15) is 5.56 Å². The average molecular weight is 338 g/mol. The van der Waals surface area contributed by atoms with Crippen molar-refractivity contribution in [3.05, 3.63) is 20.6 Å². The molecule has 0 aromatic heterocycles. The molecule has 1 aromatic carbocycles. The quantitative estimate of drug-likeness (QED) is 0.862. The molecule has 1 aliphatic heterocycles. The van der Waals surface area contributed by atoms with E-state index in [1.807, 2.05) is 6.92 Å². The number of phenolic OH excluding ortho intramolecular Hbond substituents is 1. The van der Waals surface area contributed by atoms with Crippen LogP contribution in [0.15, 0.2) is 15.0 Å². The summed E-state index contributed by atoms with van der Waals surface area (Å²) in [4.78, 5) is 0. The van der Waals surface area contributed by atoms with Crippen LogP contribution in [0.4, 0.5) is 0 Å². The third-order valence-electron chi connectivity index (χ3n) is 2.21. The van der Waals surface area contributed by atoms with E-state index in [1.54, 1.807) is 6.07 Å². The lowest BCUT2D eigenvalue weighted by Gasteiger charge is -2.11. The molecule has 5 heteroatoms. The van der Waals surface area contributed by atoms with Gasteiger partial charge in [0.2, 0.25) is 0 Å². The predicted molar refractivity (Wildman–Crippen MR) is 63.5 cm³/mol. The zero-order valence-electron chi connectivity index (χ0n) is 8.09. The van der Waals surface area contributed by atoms with Crippen LogP contribution in [-0.2, 0) is 4.74 Å². The summed E-state index contributed by atoms with van der Waals surface area (Å²) >= 11 is 6.75. The first-order valence-corrected chi connectivity index (χ1v) is 6.10. The zero-order chi connectivity index (χ0) is 11.0. The van der Waals surface area contributed by atoms with Gasteiger partial charge in [-0.2, -0.15) is 0 Å². The van der Waals surface area contributed by atoms with Crippen LogP contribution in [0.5, 0.6) is 11.5 Å². The second-order valence-electron chi connectivity index (χ2n) is 3.41. The van der Waals surface area contributed by atoms with E-state index in [-0.39, 0.29) is 11.9 Å². The van der Waals surface area contributed by atoms with Gasteiger partial charge in [0.15, 0.2) is 11.5 Å². The van der Waals surface area contributed by atoms with Gasteiger partial charge in [0.25, 0.3) is 0 Å². The number of ether oxygens (including phenoxy) is 2. The molecule has 1 saturated heterocycles. The highest BCUT2D eigenvalue weighted by molar-refractivity contribution is 9.13. The van der Waals surface area contributed by atoms with Gasteiger partial charge in [0.05, 0.1) is 6.61 Å². The topological polar surface area (TPSA) is 42.0 Å². The van der Waals surface area contributed by atoms with Gasteiger partial charge < -0.3 is 14.6 Å². The maximum absolute atomic E-state index is 9.82. The van der Waals surface area contributed by atoms with E-state index >= 15 is 0 Å². The van der Waals surface area contributed by atoms with Crippen LogP contribution >= 0.6 is 31.9 Å². The molecular formula is C10H10Br2O3. The van der Waals surface area contributed by atoms with Crippen molar-refractivity contribution >= 4 is 31.9 Å². The van der Waals surface area contributed by atoms with Gasteiger partial charge >= 0.3 is 0 Å². The molecule has 0 aliphatic carbocycles. The normalized spacial score (nSPS) is 19.0. The fourth-order valence-electron chi connectivity index (χ4n) is 1.17. The Labute approximate surface area is 105 Å². The fourth-order valence-corrected chi connectivity index (χ4v) is 1.98. The lowest BCUT2D eigenvalue weighted by molar-refractivity contribution is 0.253. The predicted octanol–water partition coefficient (Wildman–Crippen LogP) is 3.00. The lowest BCUT2D eigenvalue weighted by atomic mass is 10.2. The molecule has 1 fully saturated rings. The Morgan fingerprint density at radius 2 is 2.27 bits per heavy atom. The minimum absolute atomic E-state index is 0.172. The van der Waals surface area contributed by atoms with Crippen LogP contribution in [0.2, 0.25) is 0 Å². The molecule has 1 atom stereocenters. The number of benzene rings is 1. The van der Waals surface area contributed by atoms with Gasteiger partial charge in [-0.1, -0.05) is 0 Å². The third-order valence-corrected chi connectivity index (χ3v) is 4.39. The molecule has 0 amide bonds. The highest BCUT2D eigenvalue weighted by atomic mass is 79.9. The summed E-state index contributed by atoms with van der Waals surface area (Å²) in [6.45, 7) is 3.06. The Hall–Kier alpha value is -0.260. The van der Waals surface area contributed by atoms with E-state index in [0.717, 1.165) is 21.1 Å². The Kier molecular flexibility index (Phi) is 3.23. The van der Waals surface area contributed by atoms with Gasteiger partial charge in [-0.15, -0.1) is 0 Å². The minimum atomic E-state index is 0.172. The van der Waals surface area contributed by atoms with Gasteiger partial charge in [-0.3, -0.25) is 0 Å². The van der Waals surface area contributed by atoms with Gasteiger partial charge in [-0.05, 0) is 44.8 Å². The smallest absolute Gasteiger partial charge is 0.162 e. The maximum Gasteiger partial charge on any atom is 0.162 e. The molecule has 0 saturated carbocycles. The van der Waals surface area contributed by atoms with Crippen molar-refractivity contribution in [2.45, 2.75) is 13.0 Å². The zero-order valence-corrected chi connectivity index (χ0v) is 11.3. The number of epoxide rings is 1. The molecular weight excluding hydrogens is 328 g/mol. The summed E-state index contributed by atoms with van der Waals surface area (Å²) in [6.07, 6.45) is 0.187. The number of phenols is 1. The molecule has 1 aromatic rings. The van der Waals surface area contributed by atoms with Crippen LogP contribution in [0, 0.1) is 6.92 Å². The number of aromatic hydroxyl groups is 1. The third kappa shape index (κ3) is 2.46. The van der Waals surface area contributed by atoms with E-state index in [9.17, 15) is 5.11 Å². The average Bonchev–Trinajstić information content (AvgIpc) is 3.02. The first-order valence-electron chi connectivity index (χ1n) is 4.51. The summed E-state index contributed by atoms with van der Waals surface area (Å²) in [6, 6.07) is 1.74. The van der Waals surface area contributed by atoms with Gasteiger partial charge in [0.1, 0.15) is 12.7 Å². The summed E-state index contributed by atoms with van der Waals surface area (Å²) in [5.74, 6) is 0.656. The SMILES string of the molecule is Cc1c(O)c(OCC2CO2)cc(Br)c1Br. The van der Waals surface area contributed by atoms with E-state index < -0.39 is 0 Å². The summed E-state index contributed by atoms with van der Waals surface area (Å²) in [7, 11) is 0. The summed E-state index contributed by atoms with van der Waals surface area (Å²) in [5.41, 5.74) is 0.760. The molecule has 1 N–H and O–H groups in total. The summed E-state index contributed by atoms with van der Waals surface area (Å²) < 4.78 is 12.2. The Bertz CT molecular complexity index is 389. The fraction of sp³-hybridized carbons (Fsp3) is 0.400. The molecule has 82 valence electrons. The molecule has 1 heterocycles. The molecule has 1 unspecified atom stereocenters.